The molecular formula is C20H20F3N3O2. The Labute approximate surface area is 159 Å². The van der Waals surface area contributed by atoms with Crippen molar-refractivity contribution in [3.8, 4) is 0 Å². The van der Waals surface area contributed by atoms with Crippen LogP contribution in [0.4, 0.5) is 13.2 Å². The number of alkyl halides is 3. The molecule has 1 fully saturated rings. The van der Waals surface area contributed by atoms with E-state index in [1.54, 1.807) is 43.1 Å². The molecule has 28 heavy (non-hydrogen) atoms. The number of aliphatic hydroxyl groups excluding tert-OH is 1. The van der Waals surface area contributed by atoms with Gasteiger partial charge in [0.25, 0.3) is 5.91 Å². The third-order valence-corrected chi connectivity index (χ3v) is 5.65. The van der Waals surface area contributed by atoms with Crippen LogP contribution in [0.5, 0.6) is 0 Å². The second-order valence-corrected chi connectivity index (χ2v) is 7.54. The van der Waals surface area contributed by atoms with Crippen molar-refractivity contribution in [1.29, 1.82) is 0 Å². The fraction of sp³-hybridized carbons (Fsp3) is 0.400. The van der Waals surface area contributed by atoms with E-state index in [-0.39, 0.29) is 5.91 Å². The number of carbonyl (C=O) groups excluding carboxylic acids is 1. The maximum atomic E-state index is 13.5. The van der Waals surface area contributed by atoms with Crippen LogP contribution in [0.25, 0.3) is 6.08 Å². The summed E-state index contributed by atoms with van der Waals surface area (Å²) in [5.41, 5.74) is 2.45. The first-order valence-corrected chi connectivity index (χ1v) is 9.06. The normalized spacial score (nSPS) is 22.5. The van der Waals surface area contributed by atoms with E-state index in [1.807, 2.05) is 0 Å². The zero-order valence-electron chi connectivity index (χ0n) is 15.4. The maximum absolute atomic E-state index is 13.5. The number of aromatic amines is 1. The first-order chi connectivity index (χ1) is 13.2. The molecule has 0 radical (unpaired) electrons. The molecule has 2 heterocycles. The Morgan fingerprint density at radius 1 is 1.29 bits per heavy atom. The van der Waals surface area contributed by atoms with E-state index in [4.69, 9.17) is 0 Å². The number of aliphatic hydroxyl groups is 1. The van der Waals surface area contributed by atoms with Crippen molar-refractivity contribution >= 4 is 12.0 Å². The van der Waals surface area contributed by atoms with Crippen LogP contribution in [0.3, 0.4) is 0 Å². The van der Waals surface area contributed by atoms with Crippen molar-refractivity contribution in [3.63, 3.8) is 0 Å². The van der Waals surface area contributed by atoms with Gasteiger partial charge in [-0.3, -0.25) is 9.89 Å². The molecular weight excluding hydrogens is 371 g/mol. The molecule has 2 aromatic rings. The number of H-pyrrole nitrogens is 1. The zero-order chi connectivity index (χ0) is 20.2. The van der Waals surface area contributed by atoms with Gasteiger partial charge in [0.1, 0.15) is 0 Å². The monoisotopic (exact) mass is 391 g/mol. The van der Waals surface area contributed by atoms with Crippen LogP contribution >= 0.6 is 0 Å². The number of allylic oxidation sites excluding steroid dienone is 1. The SMILES string of the molecule is Cc1cc(C(=O)N2CC(O)C2)ccc1C1c2cn[nH]c2C=C(C(F)(F)F)C1C. The highest BCUT2D eigenvalue weighted by atomic mass is 19.4. The van der Waals surface area contributed by atoms with Crippen LogP contribution in [0.15, 0.2) is 30.0 Å². The van der Waals surface area contributed by atoms with Crippen molar-refractivity contribution < 1.29 is 23.1 Å². The molecule has 1 aromatic carbocycles. The van der Waals surface area contributed by atoms with E-state index >= 15 is 0 Å². The molecule has 1 saturated heterocycles. The highest BCUT2D eigenvalue weighted by molar-refractivity contribution is 5.95. The number of hydrogen-bond acceptors (Lipinski definition) is 3. The summed E-state index contributed by atoms with van der Waals surface area (Å²) in [7, 11) is 0. The van der Waals surface area contributed by atoms with Crippen molar-refractivity contribution in [2.75, 3.05) is 13.1 Å². The van der Waals surface area contributed by atoms with E-state index in [1.165, 1.54) is 0 Å². The predicted molar refractivity (Wildman–Crippen MR) is 96.7 cm³/mol. The Morgan fingerprint density at radius 2 is 2.00 bits per heavy atom. The Kier molecular flexibility index (Phi) is 4.33. The summed E-state index contributed by atoms with van der Waals surface area (Å²) in [6, 6.07) is 5.09. The van der Waals surface area contributed by atoms with Crippen molar-refractivity contribution in [2.45, 2.75) is 32.0 Å². The van der Waals surface area contributed by atoms with Crippen LogP contribution in [0, 0.1) is 12.8 Å². The van der Waals surface area contributed by atoms with Crippen LogP contribution in [0.1, 0.15) is 45.6 Å². The van der Waals surface area contributed by atoms with Gasteiger partial charge in [-0.05, 0) is 42.2 Å². The second-order valence-electron chi connectivity index (χ2n) is 7.54. The summed E-state index contributed by atoms with van der Waals surface area (Å²) in [6.45, 7) is 3.98. The summed E-state index contributed by atoms with van der Waals surface area (Å²) >= 11 is 0. The number of hydrogen-bond donors (Lipinski definition) is 2. The average molecular weight is 391 g/mol. The molecule has 4 rings (SSSR count). The maximum Gasteiger partial charge on any atom is 0.413 e. The summed E-state index contributed by atoms with van der Waals surface area (Å²) < 4.78 is 40.6. The lowest BCUT2D eigenvalue weighted by Gasteiger charge is -2.36. The quantitative estimate of drug-likeness (QED) is 0.826. The molecule has 0 saturated carbocycles. The lowest BCUT2D eigenvalue weighted by molar-refractivity contribution is -0.0981. The second kappa shape index (κ2) is 6.48. The number of aromatic nitrogens is 2. The van der Waals surface area contributed by atoms with Crippen molar-refractivity contribution in [3.05, 3.63) is 57.9 Å². The van der Waals surface area contributed by atoms with Crippen molar-refractivity contribution in [1.82, 2.24) is 15.1 Å². The molecule has 1 amide bonds. The van der Waals surface area contributed by atoms with Gasteiger partial charge in [0.05, 0.1) is 18.0 Å². The zero-order valence-corrected chi connectivity index (χ0v) is 15.4. The van der Waals surface area contributed by atoms with Gasteiger partial charge in [-0.25, -0.2) is 0 Å². The molecule has 1 aromatic heterocycles. The number of fused-ring (bicyclic) bond motifs is 1. The number of rotatable bonds is 2. The summed E-state index contributed by atoms with van der Waals surface area (Å²) in [5, 5.41) is 16.0. The minimum Gasteiger partial charge on any atom is -0.389 e. The van der Waals surface area contributed by atoms with E-state index in [0.29, 0.717) is 29.9 Å². The average Bonchev–Trinajstić information content (AvgIpc) is 3.06. The molecule has 1 aliphatic carbocycles. The molecule has 1 aliphatic heterocycles. The van der Waals surface area contributed by atoms with Gasteiger partial charge in [0.15, 0.2) is 0 Å². The number of nitrogens with one attached hydrogen (secondary N) is 1. The lowest BCUT2D eigenvalue weighted by Crippen LogP contribution is -2.53. The number of nitrogens with zero attached hydrogens (tertiary/aromatic N) is 2. The molecule has 148 valence electrons. The Hall–Kier alpha value is -2.61. The minimum absolute atomic E-state index is 0.184. The van der Waals surface area contributed by atoms with E-state index in [2.05, 4.69) is 10.2 Å². The van der Waals surface area contributed by atoms with E-state index < -0.39 is 29.7 Å². The van der Waals surface area contributed by atoms with E-state index in [0.717, 1.165) is 17.2 Å². The summed E-state index contributed by atoms with van der Waals surface area (Å²) in [5.74, 6) is -1.47. The molecule has 2 unspecified atom stereocenters. The standard InChI is InChI=1S/C20H20F3N3O2/c1-10-5-12(19(28)26-8-13(27)9-26)3-4-14(10)18-11(2)16(20(21,22)23)6-17-15(18)7-24-25-17/h3-7,11,13,18,27H,8-9H2,1-2H3,(H,24,25). The molecule has 5 nitrogen and oxygen atoms in total. The van der Waals surface area contributed by atoms with Gasteiger partial charge in [-0.1, -0.05) is 13.0 Å². The largest absolute Gasteiger partial charge is 0.413 e. The first-order valence-electron chi connectivity index (χ1n) is 9.06. The first kappa shape index (κ1) is 18.7. The van der Waals surface area contributed by atoms with Crippen LogP contribution in [-0.4, -0.2) is 51.5 Å². The number of likely N-dealkylation sites (tertiary alicyclic amines) is 1. The fourth-order valence-electron chi connectivity index (χ4n) is 4.14. The van der Waals surface area contributed by atoms with Gasteiger partial charge in [-0.2, -0.15) is 18.3 Å². The number of aryl methyl sites for hydroxylation is 1. The Bertz CT molecular complexity index is 958. The third-order valence-electron chi connectivity index (χ3n) is 5.65. The molecule has 0 bridgehead atoms. The summed E-state index contributed by atoms with van der Waals surface area (Å²) in [6.07, 6.45) is -2.21. The van der Waals surface area contributed by atoms with Crippen LogP contribution in [0.2, 0.25) is 0 Å². The predicted octanol–water partition coefficient (Wildman–Crippen LogP) is 3.26. The van der Waals surface area contributed by atoms with Gasteiger partial charge in [0, 0.05) is 35.7 Å². The Morgan fingerprint density at radius 3 is 2.61 bits per heavy atom. The smallest absolute Gasteiger partial charge is 0.389 e. The molecule has 0 spiro atoms. The topological polar surface area (TPSA) is 69.2 Å². The summed E-state index contributed by atoms with van der Waals surface area (Å²) in [4.78, 5) is 14.0. The van der Waals surface area contributed by atoms with Gasteiger partial charge in [-0.15, -0.1) is 0 Å². The van der Waals surface area contributed by atoms with Crippen LogP contribution in [-0.2, 0) is 0 Å². The van der Waals surface area contributed by atoms with Crippen LogP contribution < -0.4 is 0 Å². The molecule has 8 heteroatoms. The highest BCUT2D eigenvalue weighted by Gasteiger charge is 2.44. The minimum atomic E-state index is -4.43. The number of β-amino-alcohol motifs (C(OH)–C–C–N with tert-alkyl or cyclic N) is 1. The Balaban J connectivity index is 1.71. The van der Waals surface area contributed by atoms with Gasteiger partial charge in [0.2, 0.25) is 0 Å². The highest BCUT2D eigenvalue weighted by Crippen LogP contribution is 2.47. The number of halogens is 3. The van der Waals surface area contributed by atoms with Gasteiger partial charge >= 0.3 is 6.18 Å². The van der Waals surface area contributed by atoms with E-state index in [9.17, 15) is 23.1 Å². The molecule has 2 aliphatic rings. The third kappa shape index (κ3) is 3.01. The molecule has 2 atom stereocenters. The lowest BCUT2D eigenvalue weighted by atomic mass is 9.73. The molecule has 2 N–H and O–H groups in total. The number of carbonyl (C=O) groups is 1. The van der Waals surface area contributed by atoms with Crippen molar-refractivity contribution in [2.24, 2.45) is 5.92 Å². The van der Waals surface area contributed by atoms with Gasteiger partial charge < -0.3 is 10.0 Å². The fourth-order valence-corrected chi connectivity index (χ4v) is 4.14. The number of benzene rings is 1. The number of amides is 1.